The SMILES string of the molecule is O=C(NCC(F)(F)F)C1CCCN(c2ccc3nccnc3n2)C1. The molecule has 24 heavy (non-hydrogen) atoms. The Kier molecular flexibility index (Phi) is 4.50. The smallest absolute Gasteiger partial charge is 0.356 e. The van der Waals surface area contributed by atoms with E-state index in [0.717, 1.165) is 0 Å². The maximum atomic E-state index is 12.2. The van der Waals surface area contributed by atoms with E-state index < -0.39 is 24.5 Å². The maximum Gasteiger partial charge on any atom is 0.405 e. The lowest BCUT2D eigenvalue weighted by molar-refractivity contribution is -0.140. The fourth-order valence-electron chi connectivity index (χ4n) is 2.75. The van der Waals surface area contributed by atoms with E-state index in [4.69, 9.17) is 0 Å². The Balaban J connectivity index is 1.69. The van der Waals surface area contributed by atoms with Crippen LogP contribution >= 0.6 is 0 Å². The number of pyridine rings is 1. The van der Waals surface area contributed by atoms with Crippen molar-refractivity contribution in [1.29, 1.82) is 0 Å². The highest BCUT2D eigenvalue weighted by atomic mass is 19.4. The molecule has 1 unspecified atom stereocenters. The van der Waals surface area contributed by atoms with Crippen molar-refractivity contribution in [2.24, 2.45) is 5.92 Å². The third-order valence-electron chi connectivity index (χ3n) is 3.90. The Morgan fingerprint density at radius 2 is 2.08 bits per heavy atom. The molecule has 0 saturated carbocycles. The van der Waals surface area contributed by atoms with Crippen molar-refractivity contribution in [2.75, 3.05) is 24.5 Å². The molecule has 1 fully saturated rings. The van der Waals surface area contributed by atoms with E-state index in [9.17, 15) is 18.0 Å². The zero-order chi connectivity index (χ0) is 17.2. The first-order valence-electron chi connectivity index (χ1n) is 7.59. The van der Waals surface area contributed by atoms with Crippen LogP contribution in [0.5, 0.6) is 0 Å². The number of nitrogens with one attached hydrogen (secondary N) is 1. The first kappa shape index (κ1) is 16.4. The van der Waals surface area contributed by atoms with Crippen molar-refractivity contribution in [3.05, 3.63) is 24.5 Å². The van der Waals surface area contributed by atoms with Crippen LogP contribution in [0.1, 0.15) is 12.8 Å². The first-order chi connectivity index (χ1) is 11.4. The minimum atomic E-state index is -4.40. The average molecular weight is 339 g/mol. The predicted molar refractivity (Wildman–Crippen MR) is 81.3 cm³/mol. The van der Waals surface area contributed by atoms with Gasteiger partial charge in [0, 0.05) is 25.5 Å². The molecular weight excluding hydrogens is 323 g/mol. The van der Waals surface area contributed by atoms with Gasteiger partial charge >= 0.3 is 6.18 Å². The molecule has 1 atom stereocenters. The van der Waals surface area contributed by atoms with Crippen LogP contribution in [-0.4, -0.2) is 46.7 Å². The molecule has 1 aliphatic heterocycles. The van der Waals surface area contributed by atoms with E-state index in [1.165, 1.54) is 0 Å². The minimum absolute atomic E-state index is 0.336. The molecule has 1 saturated heterocycles. The Labute approximate surface area is 136 Å². The molecule has 3 heterocycles. The van der Waals surface area contributed by atoms with Crippen LogP contribution in [0.15, 0.2) is 24.5 Å². The molecule has 0 bridgehead atoms. The summed E-state index contributed by atoms with van der Waals surface area (Å²) in [4.78, 5) is 26.6. The van der Waals surface area contributed by atoms with Crippen LogP contribution in [0.25, 0.3) is 11.2 Å². The number of piperidine rings is 1. The number of hydrogen-bond acceptors (Lipinski definition) is 5. The van der Waals surface area contributed by atoms with Gasteiger partial charge < -0.3 is 10.2 Å². The Morgan fingerprint density at radius 3 is 2.88 bits per heavy atom. The van der Waals surface area contributed by atoms with E-state index in [2.05, 4.69) is 15.0 Å². The zero-order valence-electron chi connectivity index (χ0n) is 12.8. The Bertz CT molecular complexity index is 736. The van der Waals surface area contributed by atoms with E-state index in [1.54, 1.807) is 24.5 Å². The van der Waals surface area contributed by atoms with Crippen molar-refractivity contribution in [3.8, 4) is 0 Å². The van der Waals surface area contributed by atoms with E-state index >= 15 is 0 Å². The standard InChI is InChI=1S/C15H16F3N5O/c16-15(17,18)9-21-14(24)10-2-1-7-23(8-10)12-4-3-11-13(22-12)20-6-5-19-11/h3-6,10H,1-2,7-9H2,(H,21,24). The summed E-state index contributed by atoms with van der Waals surface area (Å²) >= 11 is 0. The number of alkyl halides is 3. The van der Waals surface area contributed by atoms with Crippen molar-refractivity contribution in [3.63, 3.8) is 0 Å². The number of anilines is 1. The van der Waals surface area contributed by atoms with Crippen molar-refractivity contribution in [2.45, 2.75) is 19.0 Å². The summed E-state index contributed by atoms with van der Waals surface area (Å²) in [6, 6.07) is 3.57. The quantitative estimate of drug-likeness (QED) is 0.925. The van der Waals surface area contributed by atoms with Crippen LogP contribution in [0, 0.1) is 5.92 Å². The van der Waals surface area contributed by atoms with Gasteiger partial charge in [-0.2, -0.15) is 13.2 Å². The van der Waals surface area contributed by atoms with Gasteiger partial charge in [-0.15, -0.1) is 0 Å². The molecular formula is C15H16F3N5O. The topological polar surface area (TPSA) is 71.0 Å². The molecule has 1 aliphatic rings. The fraction of sp³-hybridized carbons (Fsp3) is 0.467. The van der Waals surface area contributed by atoms with Crippen molar-refractivity contribution in [1.82, 2.24) is 20.3 Å². The van der Waals surface area contributed by atoms with Crippen LogP contribution in [0.2, 0.25) is 0 Å². The number of rotatable bonds is 3. The monoisotopic (exact) mass is 339 g/mol. The number of aromatic nitrogens is 3. The third kappa shape index (κ3) is 3.90. The number of hydrogen-bond donors (Lipinski definition) is 1. The molecule has 0 spiro atoms. The zero-order valence-corrected chi connectivity index (χ0v) is 12.8. The van der Waals surface area contributed by atoms with Crippen molar-refractivity contribution >= 4 is 22.9 Å². The van der Waals surface area contributed by atoms with E-state index in [1.807, 2.05) is 10.2 Å². The molecule has 3 rings (SSSR count). The second kappa shape index (κ2) is 6.58. The number of carbonyl (C=O) groups is 1. The van der Waals surface area contributed by atoms with Crippen LogP contribution in [0.4, 0.5) is 19.0 Å². The lowest BCUT2D eigenvalue weighted by atomic mass is 9.97. The van der Waals surface area contributed by atoms with Gasteiger partial charge in [-0.3, -0.25) is 9.78 Å². The number of fused-ring (bicyclic) bond motifs is 1. The normalized spacial score (nSPS) is 18.6. The number of carbonyl (C=O) groups excluding carboxylic acids is 1. The summed E-state index contributed by atoms with van der Waals surface area (Å²) in [5.41, 5.74) is 1.16. The molecule has 0 aromatic carbocycles. The molecule has 2 aromatic heterocycles. The summed E-state index contributed by atoms with van der Waals surface area (Å²) in [5, 5.41) is 1.96. The van der Waals surface area contributed by atoms with Crippen LogP contribution < -0.4 is 10.2 Å². The van der Waals surface area contributed by atoms with Gasteiger partial charge in [0.25, 0.3) is 0 Å². The molecule has 0 radical (unpaired) electrons. The molecule has 0 aliphatic carbocycles. The third-order valence-corrected chi connectivity index (χ3v) is 3.90. The number of amides is 1. The second-order valence-corrected chi connectivity index (χ2v) is 5.69. The number of halogens is 3. The fourth-order valence-corrected chi connectivity index (χ4v) is 2.75. The molecule has 1 N–H and O–H groups in total. The van der Waals surface area contributed by atoms with E-state index in [-0.39, 0.29) is 0 Å². The van der Waals surface area contributed by atoms with Gasteiger partial charge in [0.15, 0.2) is 5.65 Å². The average Bonchev–Trinajstić information content (AvgIpc) is 2.58. The second-order valence-electron chi connectivity index (χ2n) is 5.69. The first-order valence-corrected chi connectivity index (χ1v) is 7.59. The van der Waals surface area contributed by atoms with E-state index in [0.29, 0.717) is 42.9 Å². The molecule has 6 nitrogen and oxygen atoms in total. The van der Waals surface area contributed by atoms with Gasteiger partial charge in [0.2, 0.25) is 5.91 Å². The van der Waals surface area contributed by atoms with Gasteiger partial charge in [-0.1, -0.05) is 0 Å². The maximum absolute atomic E-state index is 12.2. The predicted octanol–water partition coefficient (Wildman–Crippen LogP) is 1.92. The van der Waals surface area contributed by atoms with Gasteiger partial charge in [-0.05, 0) is 25.0 Å². The van der Waals surface area contributed by atoms with Crippen molar-refractivity contribution < 1.29 is 18.0 Å². The minimum Gasteiger partial charge on any atom is -0.356 e. The molecule has 1 amide bonds. The molecule has 9 heteroatoms. The Morgan fingerprint density at radius 1 is 1.29 bits per heavy atom. The summed E-state index contributed by atoms with van der Waals surface area (Å²) in [6.45, 7) is -0.267. The lowest BCUT2D eigenvalue weighted by Crippen LogP contribution is -2.45. The summed E-state index contributed by atoms with van der Waals surface area (Å²) in [6.07, 6.45) is -0.00520. The van der Waals surface area contributed by atoms with Crippen LogP contribution in [-0.2, 0) is 4.79 Å². The van der Waals surface area contributed by atoms with Crippen LogP contribution in [0.3, 0.4) is 0 Å². The summed E-state index contributed by atoms with van der Waals surface area (Å²) in [5.74, 6) is -0.408. The highest BCUT2D eigenvalue weighted by Crippen LogP contribution is 2.23. The highest BCUT2D eigenvalue weighted by Gasteiger charge is 2.31. The van der Waals surface area contributed by atoms with Gasteiger partial charge in [-0.25, -0.2) is 9.97 Å². The highest BCUT2D eigenvalue weighted by molar-refractivity contribution is 5.79. The lowest BCUT2D eigenvalue weighted by Gasteiger charge is -2.33. The Hall–Kier alpha value is -2.45. The summed E-state index contributed by atoms with van der Waals surface area (Å²) in [7, 11) is 0. The summed E-state index contributed by atoms with van der Waals surface area (Å²) < 4.78 is 36.7. The van der Waals surface area contributed by atoms with Gasteiger partial charge in [0.1, 0.15) is 17.9 Å². The van der Waals surface area contributed by atoms with Gasteiger partial charge in [0.05, 0.1) is 5.92 Å². The number of nitrogens with zero attached hydrogens (tertiary/aromatic N) is 4. The molecule has 128 valence electrons. The molecule has 2 aromatic rings. The largest absolute Gasteiger partial charge is 0.405 e.